The molecule has 2 rings (SSSR count). The van der Waals surface area contributed by atoms with Crippen LogP contribution in [-0.4, -0.2) is 56.9 Å². The van der Waals surface area contributed by atoms with Gasteiger partial charge in [-0.25, -0.2) is 0 Å². The van der Waals surface area contributed by atoms with E-state index in [0.717, 1.165) is 31.2 Å². The zero-order chi connectivity index (χ0) is 21.6. The molecule has 1 unspecified atom stereocenters. The summed E-state index contributed by atoms with van der Waals surface area (Å²) in [6.45, 7) is 2.38. The van der Waals surface area contributed by atoms with Gasteiger partial charge in [0, 0.05) is 12.5 Å². The van der Waals surface area contributed by atoms with Crippen LogP contribution in [0.25, 0.3) is 0 Å². The van der Waals surface area contributed by atoms with E-state index in [2.05, 4.69) is 17.9 Å². The van der Waals surface area contributed by atoms with Gasteiger partial charge in [-0.2, -0.15) is 12.6 Å². The van der Waals surface area contributed by atoms with Crippen LogP contribution < -0.4 is 5.32 Å². The van der Waals surface area contributed by atoms with E-state index in [1.807, 2.05) is 6.07 Å². The number of aliphatic carboxylic acids is 1. The van der Waals surface area contributed by atoms with E-state index in [9.17, 15) is 24.3 Å². The van der Waals surface area contributed by atoms with Crippen molar-refractivity contribution in [3.63, 3.8) is 0 Å². The molecule has 2 amide bonds. The van der Waals surface area contributed by atoms with Crippen molar-refractivity contribution in [1.29, 1.82) is 0 Å². The zero-order valence-electron chi connectivity index (χ0n) is 16.8. The average molecular weight is 421 g/mol. The monoisotopic (exact) mass is 420 g/mol. The fourth-order valence-electron chi connectivity index (χ4n) is 3.63. The Morgan fingerprint density at radius 3 is 2.31 bits per heavy atom. The van der Waals surface area contributed by atoms with Gasteiger partial charge in [0.15, 0.2) is 10.5 Å². The first kappa shape index (κ1) is 22.9. The maximum Gasteiger partial charge on any atom is 0.323 e. The first-order chi connectivity index (χ1) is 13.6. The number of amides is 2. The third kappa shape index (κ3) is 5.82. The van der Waals surface area contributed by atoms with Crippen LogP contribution in [0.4, 0.5) is 0 Å². The molecule has 1 fully saturated rings. The lowest BCUT2D eigenvalue weighted by atomic mass is 9.93. The van der Waals surface area contributed by atoms with Crippen molar-refractivity contribution in [2.24, 2.45) is 0 Å². The van der Waals surface area contributed by atoms with Gasteiger partial charge in [-0.1, -0.05) is 43.2 Å². The highest BCUT2D eigenvalue weighted by molar-refractivity contribution is 7.83. The summed E-state index contributed by atoms with van der Waals surface area (Å²) in [4.78, 5) is 50.6. The second-order valence-electron chi connectivity index (χ2n) is 7.57. The molecule has 158 valence electrons. The van der Waals surface area contributed by atoms with Gasteiger partial charge >= 0.3 is 5.97 Å². The fraction of sp³-hybridized carbons (Fsp3) is 0.524. The number of hydrogen-bond donors (Lipinski definition) is 3. The van der Waals surface area contributed by atoms with Crippen molar-refractivity contribution < 1.29 is 24.3 Å². The lowest BCUT2D eigenvalue weighted by molar-refractivity contribution is -0.147. The standard InChI is InChI=1S/C21H28N2O5S/c1-14(19(27)23(13-18(25)26)17-10-6-7-11-17)22-20(28)21(29,15(2)24)12-16-8-4-3-5-9-16/h3-5,8-9,14,17,29H,6-7,10-13H2,1-2H3,(H,22,28)(H,25,26)/t14-,21?/m0/s1. The first-order valence-electron chi connectivity index (χ1n) is 9.75. The Morgan fingerprint density at radius 2 is 1.79 bits per heavy atom. The van der Waals surface area contributed by atoms with Crippen molar-refractivity contribution in [3.05, 3.63) is 35.9 Å². The van der Waals surface area contributed by atoms with Gasteiger partial charge < -0.3 is 15.3 Å². The van der Waals surface area contributed by atoms with Crippen LogP contribution in [0.15, 0.2) is 30.3 Å². The Bertz CT molecular complexity index is 764. The first-order valence-corrected chi connectivity index (χ1v) is 10.2. The molecule has 29 heavy (non-hydrogen) atoms. The Balaban J connectivity index is 2.13. The number of rotatable bonds is 9. The molecule has 0 saturated heterocycles. The number of hydrogen-bond acceptors (Lipinski definition) is 5. The van der Waals surface area contributed by atoms with E-state index in [1.165, 1.54) is 18.7 Å². The summed E-state index contributed by atoms with van der Waals surface area (Å²) in [6, 6.07) is 7.92. The number of Topliss-reactive ketones (excluding diaryl/α,β-unsaturated/α-hetero) is 1. The predicted molar refractivity (Wildman–Crippen MR) is 112 cm³/mol. The summed E-state index contributed by atoms with van der Waals surface area (Å²) >= 11 is 4.38. The molecule has 1 saturated carbocycles. The zero-order valence-corrected chi connectivity index (χ0v) is 17.7. The van der Waals surface area contributed by atoms with Crippen molar-refractivity contribution in [2.75, 3.05) is 6.54 Å². The minimum absolute atomic E-state index is 0.0838. The molecule has 7 nitrogen and oxygen atoms in total. The van der Waals surface area contributed by atoms with E-state index in [4.69, 9.17) is 0 Å². The lowest BCUT2D eigenvalue weighted by Crippen LogP contribution is -2.57. The number of carboxylic acid groups (broad SMARTS) is 1. The van der Waals surface area contributed by atoms with E-state index >= 15 is 0 Å². The third-order valence-electron chi connectivity index (χ3n) is 5.33. The molecule has 0 heterocycles. The number of carbonyl (C=O) groups excluding carboxylic acids is 3. The number of nitrogens with zero attached hydrogens (tertiary/aromatic N) is 1. The molecule has 0 bridgehead atoms. The van der Waals surface area contributed by atoms with E-state index in [1.54, 1.807) is 24.3 Å². The summed E-state index contributed by atoms with van der Waals surface area (Å²) in [5.41, 5.74) is 0.769. The quantitative estimate of drug-likeness (QED) is 0.418. The molecular weight excluding hydrogens is 392 g/mol. The number of thiol groups is 1. The Labute approximate surface area is 176 Å². The van der Waals surface area contributed by atoms with Crippen LogP contribution in [0.3, 0.4) is 0 Å². The molecular formula is C21H28N2O5S. The molecule has 1 aliphatic rings. The second-order valence-corrected chi connectivity index (χ2v) is 8.34. The number of carbonyl (C=O) groups is 4. The van der Waals surface area contributed by atoms with Crippen LogP contribution in [0.5, 0.6) is 0 Å². The summed E-state index contributed by atoms with van der Waals surface area (Å²) in [6.07, 6.45) is 3.46. The molecule has 0 radical (unpaired) electrons. The Hall–Kier alpha value is -2.35. The van der Waals surface area contributed by atoms with Crippen LogP contribution in [-0.2, 0) is 25.6 Å². The van der Waals surface area contributed by atoms with Crippen molar-refractivity contribution >= 4 is 36.2 Å². The molecule has 0 aliphatic heterocycles. The predicted octanol–water partition coefficient (Wildman–Crippen LogP) is 1.85. The third-order valence-corrected chi connectivity index (χ3v) is 6.01. The molecule has 8 heteroatoms. The molecule has 1 aromatic rings. The van der Waals surface area contributed by atoms with Crippen molar-refractivity contribution in [3.8, 4) is 0 Å². The molecule has 0 spiro atoms. The van der Waals surface area contributed by atoms with Crippen molar-refractivity contribution in [2.45, 2.75) is 62.8 Å². The average Bonchev–Trinajstić information content (AvgIpc) is 3.20. The molecule has 1 aromatic carbocycles. The lowest BCUT2D eigenvalue weighted by Gasteiger charge is -2.32. The minimum atomic E-state index is -1.62. The van der Waals surface area contributed by atoms with Gasteiger partial charge in [0.25, 0.3) is 0 Å². The van der Waals surface area contributed by atoms with Gasteiger partial charge in [0.1, 0.15) is 12.6 Å². The number of nitrogens with one attached hydrogen (secondary N) is 1. The highest BCUT2D eigenvalue weighted by atomic mass is 32.1. The highest BCUT2D eigenvalue weighted by Crippen LogP contribution is 2.25. The minimum Gasteiger partial charge on any atom is -0.480 e. The summed E-state index contributed by atoms with van der Waals surface area (Å²) in [5.74, 6) is -2.66. The molecule has 2 atom stereocenters. The van der Waals surface area contributed by atoms with Crippen LogP contribution in [0.2, 0.25) is 0 Å². The van der Waals surface area contributed by atoms with E-state index < -0.39 is 40.9 Å². The summed E-state index contributed by atoms with van der Waals surface area (Å²) in [5, 5.41) is 11.8. The Kier molecular flexibility index (Phi) is 7.84. The van der Waals surface area contributed by atoms with Crippen LogP contribution >= 0.6 is 12.6 Å². The van der Waals surface area contributed by atoms with Gasteiger partial charge in [0.2, 0.25) is 11.8 Å². The smallest absolute Gasteiger partial charge is 0.323 e. The van der Waals surface area contributed by atoms with Gasteiger partial charge in [-0.3, -0.25) is 19.2 Å². The summed E-state index contributed by atoms with van der Waals surface area (Å²) < 4.78 is -1.62. The van der Waals surface area contributed by atoms with E-state index in [-0.39, 0.29) is 12.5 Å². The fourth-order valence-corrected chi connectivity index (χ4v) is 3.88. The largest absolute Gasteiger partial charge is 0.480 e. The molecule has 2 N–H and O–H groups in total. The number of carboxylic acids is 1. The van der Waals surface area contributed by atoms with Crippen LogP contribution in [0.1, 0.15) is 45.1 Å². The SMILES string of the molecule is CC(=O)C(S)(Cc1ccccc1)C(=O)N[C@@H](C)C(=O)N(CC(=O)O)C1CCCC1. The maximum atomic E-state index is 12.9. The molecule has 1 aliphatic carbocycles. The summed E-state index contributed by atoms with van der Waals surface area (Å²) in [7, 11) is 0. The van der Waals surface area contributed by atoms with Gasteiger partial charge in [0.05, 0.1) is 0 Å². The number of ketones is 1. The van der Waals surface area contributed by atoms with E-state index in [0.29, 0.717) is 0 Å². The topological polar surface area (TPSA) is 104 Å². The van der Waals surface area contributed by atoms with Crippen LogP contribution in [0, 0.1) is 0 Å². The molecule has 0 aromatic heterocycles. The highest BCUT2D eigenvalue weighted by Gasteiger charge is 2.41. The second kappa shape index (κ2) is 9.91. The van der Waals surface area contributed by atoms with Crippen molar-refractivity contribution in [1.82, 2.24) is 10.2 Å². The van der Waals surface area contributed by atoms with Gasteiger partial charge in [-0.05, 0) is 32.3 Å². The van der Waals surface area contributed by atoms with Gasteiger partial charge in [-0.15, -0.1) is 0 Å². The number of benzene rings is 1. The normalized spacial score (nSPS) is 17.2. The Morgan fingerprint density at radius 1 is 1.21 bits per heavy atom. The maximum absolute atomic E-state index is 12.9.